The lowest BCUT2D eigenvalue weighted by atomic mass is 10.1. The second-order valence-electron chi connectivity index (χ2n) is 5.71. The van der Waals surface area contributed by atoms with Gasteiger partial charge in [-0.1, -0.05) is 36.5 Å². The van der Waals surface area contributed by atoms with Crippen molar-refractivity contribution >= 4 is 47.1 Å². The van der Waals surface area contributed by atoms with Crippen LogP contribution >= 0.6 is 23.5 Å². The largest absolute Gasteiger partial charge is 0.445 e. The third kappa shape index (κ3) is 4.34. The van der Waals surface area contributed by atoms with Gasteiger partial charge in [-0.25, -0.2) is 4.79 Å². The number of benzene rings is 1. The molecule has 2 heterocycles. The van der Waals surface area contributed by atoms with Crippen LogP contribution in [0.3, 0.4) is 0 Å². The fraction of sp³-hybridized carbons (Fsp3) is 0.353. The van der Waals surface area contributed by atoms with Crippen LogP contribution in [-0.2, 0) is 14.3 Å². The molecule has 1 aromatic rings. The van der Waals surface area contributed by atoms with Gasteiger partial charge in [0.2, 0.25) is 5.91 Å². The standard InChI is InChI=1S/C17H19N3O4S2/c1-2-8-24-17(23)20-13(21)10-7-9-25-15(10)19-14(22)16-18-11-5-3-4-6-12(11)26-16/h2-6,10,15-16,18H,1,7-9H2,(H,19,22)(H,20,21,23). The Morgan fingerprint density at radius 3 is 2.88 bits per heavy atom. The minimum absolute atomic E-state index is 0.0316. The maximum Gasteiger partial charge on any atom is 0.414 e. The van der Waals surface area contributed by atoms with Gasteiger partial charge in [0.15, 0.2) is 5.37 Å². The van der Waals surface area contributed by atoms with Crippen molar-refractivity contribution in [3.8, 4) is 0 Å². The number of nitrogens with one attached hydrogen (secondary N) is 3. The number of amides is 3. The molecule has 3 N–H and O–H groups in total. The molecule has 0 spiro atoms. The Kier molecular flexibility index (Phi) is 6.10. The number of thioether (sulfide) groups is 2. The first-order valence-electron chi connectivity index (χ1n) is 8.11. The molecule has 138 valence electrons. The Morgan fingerprint density at radius 2 is 2.12 bits per heavy atom. The fourth-order valence-corrected chi connectivity index (χ4v) is 5.05. The van der Waals surface area contributed by atoms with Crippen LogP contribution in [0.2, 0.25) is 0 Å². The van der Waals surface area contributed by atoms with Gasteiger partial charge in [-0.2, -0.15) is 0 Å². The van der Waals surface area contributed by atoms with E-state index in [1.807, 2.05) is 24.3 Å². The number of carbonyl (C=O) groups is 3. The summed E-state index contributed by atoms with van der Waals surface area (Å²) in [4.78, 5) is 37.4. The molecule has 1 fully saturated rings. The van der Waals surface area contributed by atoms with Crippen molar-refractivity contribution in [1.82, 2.24) is 10.6 Å². The molecule has 3 unspecified atom stereocenters. The van der Waals surface area contributed by atoms with Gasteiger partial charge in [0.1, 0.15) is 6.61 Å². The first kappa shape index (κ1) is 18.7. The highest BCUT2D eigenvalue weighted by Gasteiger charge is 2.38. The number of hydrogen-bond acceptors (Lipinski definition) is 7. The summed E-state index contributed by atoms with van der Waals surface area (Å²) in [7, 11) is 0. The molecule has 3 atom stereocenters. The molecule has 2 aliphatic heterocycles. The minimum Gasteiger partial charge on any atom is -0.445 e. The summed E-state index contributed by atoms with van der Waals surface area (Å²) in [5, 5.41) is 7.48. The predicted octanol–water partition coefficient (Wildman–Crippen LogP) is 2.16. The molecule has 0 saturated carbocycles. The van der Waals surface area contributed by atoms with E-state index in [2.05, 4.69) is 22.5 Å². The molecule has 1 saturated heterocycles. The van der Waals surface area contributed by atoms with Crippen molar-refractivity contribution in [3.05, 3.63) is 36.9 Å². The first-order chi connectivity index (χ1) is 12.6. The lowest BCUT2D eigenvalue weighted by Crippen LogP contribution is -2.47. The number of para-hydroxylation sites is 1. The lowest BCUT2D eigenvalue weighted by Gasteiger charge is -2.21. The summed E-state index contributed by atoms with van der Waals surface area (Å²) >= 11 is 2.94. The Morgan fingerprint density at radius 1 is 1.31 bits per heavy atom. The average molecular weight is 393 g/mol. The second kappa shape index (κ2) is 8.50. The van der Waals surface area contributed by atoms with E-state index in [1.54, 1.807) is 0 Å². The van der Waals surface area contributed by atoms with Gasteiger partial charge in [0, 0.05) is 10.6 Å². The van der Waals surface area contributed by atoms with Crippen molar-refractivity contribution < 1.29 is 19.1 Å². The number of anilines is 1. The van der Waals surface area contributed by atoms with E-state index in [0.29, 0.717) is 6.42 Å². The summed E-state index contributed by atoms with van der Waals surface area (Å²) in [6, 6.07) is 7.71. The van der Waals surface area contributed by atoms with Crippen LogP contribution < -0.4 is 16.0 Å². The summed E-state index contributed by atoms with van der Waals surface area (Å²) in [6.07, 6.45) is 1.20. The fourth-order valence-electron chi connectivity index (χ4n) is 2.69. The van der Waals surface area contributed by atoms with Gasteiger partial charge < -0.3 is 15.4 Å². The summed E-state index contributed by atoms with van der Waals surface area (Å²) < 4.78 is 4.76. The van der Waals surface area contributed by atoms with Crippen LogP contribution in [0.4, 0.5) is 10.5 Å². The van der Waals surface area contributed by atoms with Crippen molar-refractivity contribution in [2.24, 2.45) is 5.92 Å². The van der Waals surface area contributed by atoms with E-state index in [4.69, 9.17) is 4.74 Å². The molecular formula is C17H19N3O4S2. The number of fused-ring (bicyclic) bond motifs is 1. The van der Waals surface area contributed by atoms with Gasteiger partial charge in [0.25, 0.3) is 5.91 Å². The predicted molar refractivity (Wildman–Crippen MR) is 102 cm³/mol. The molecule has 2 aliphatic rings. The Hall–Kier alpha value is -2.13. The number of alkyl carbamates (subject to hydrolysis) is 1. The molecule has 1 aromatic carbocycles. The van der Waals surface area contributed by atoms with Crippen LogP contribution in [0.1, 0.15) is 6.42 Å². The van der Waals surface area contributed by atoms with Crippen LogP contribution in [0, 0.1) is 5.92 Å². The number of ether oxygens (including phenoxy) is 1. The molecule has 3 amide bonds. The number of imide groups is 1. The van der Waals surface area contributed by atoms with Crippen LogP contribution in [0.15, 0.2) is 41.8 Å². The zero-order chi connectivity index (χ0) is 18.5. The molecule has 7 nitrogen and oxygen atoms in total. The first-order valence-corrected chi connectivity index (χ1v) is 10.0. The summed E-state index contributed by atoms with van der Waals surface area (Å²) in [5.74, 6) is -0.368. The third-order valence-electron chi connectivity index (χ3n) is 3.93. The molecular weight excluding hydrogens is 374 g/mol. The molecule has 0 aromatic heterocycles. The third-order valence-corrected chi connectivity index (χ3v) is 6.38. The monoisotopic (exact) mass is 393 g/mol. The molecule has 9 heteroatoms. The number of carbonyl (C=O) groups excluding carboxylic acids is 3. The maximum atomic E-state index is 12.6. The van der Waals surface area contributed by atoms with E-state index < -0.39 is 23.3 Å². The van der Waals surface area contributed by atoms with Crippen molar-refractivity contribution in [2.45, 2.75) is 22.1 Å². The van der Waals surface area contributed by atoms with E-state index in [-0.39, 0.29) is 17.9 Å². The molecule has 26 heavy (non-hydrogen) atoms. The summed E-state index contributed by atoms with van der Waals surface area (Å²) in [6.45, 7) is 3.47. The van der Waals surface area contributed by atoms with E-state index in [9.17, 15) is 14.4 Å². The quantitative estimate of drug-likeness (QED) is 0.660. The van der Waals surface area contributed by atoms with Crippen molar-refractivity contribution in [1.29, 1.82) is 0 Å². The smallest absolute Gasteiger partial charge is 0.414 e. The van der Waals surface area contributed by atoms with Gasteiger partial charge in [-0.3, -0.25) is 14.9 Å². The minimum atomic E-state index is -0.805. The SMILES string of the molecule is C=CCOC(=O)NC(=O)C1CCSC1NC(=O)C1Nc2ccccc2S1. The zero-order valence-corrected chi connectivity index (χ0v) is 15.5. The highest BCUT2D eigenvalue weighted by atomic mass is 32.2. The van der Waals surface area contributed by atoms with Crippen molar-refractivity contribution in [3.63, 3.8) is 0 Å². The highest BCUT2D eigenvalue weighted by Crippen LogP contribution is 2.38. The molecule has 3 rings (SSSR count). The van der Waals surface area contributed by atoms with Crippen LogP contribution in [0.25, 0.3) is 0 Å². The zero-order valence-electron chi connectivity index (χ0n) is 13.9. The highest BCUT2D eigenvalue weighted by molar-refractivity contribution is 8.01. The topological polar surface area (TPSA) is 96.5 Å². The summed E-state index contributed by atoms with van der Waals surface area (Å²) in [5.41, 5.74) is 0.927. The number of rotatable bonds is 5. The van der Waals surface area contributed by atoms with E-state index in [1.165, 1.54) is 29.6 Å². The van der Waals surface area contributed by atoms with Gasteiger partial charge in [-0.15, -0.1) is 11.8 Å². The maximum absolute atomic E-state index is 12.6. The Balaban J connectivity index is 1.54. The van der Waals surface area contributed by atoms with Gasteiger partial charge in [0.05, 0.1) is 11.3 Å². The van der Waals surface area contributed by atoms with E-state index >= 15 is 0 Å². The molecule has 0 aliphatic carbocycles. The molecule has 0 bridgehead atoms. The number of hydrogen-bond donors (Lipinski definition) is 3. The van der Waals surface area contributed by atoms with Gasteiger partial charge in [-0.05, 0) is 24.3 Å². The second-order valence-corrected chi connectivity index (χ2v) is 8.11. The van der Waals surface area contributed by atoms with Crippen LogP contribution in [0.5, 0.6) is 0 Å². The van der Waals surface area contributed by atoms with E-state index in [0.717, 1.165) is 16.3 Å². The van der Waals surface area contributed by atoms with Crippen LogP contribution in [-0.4, -0.2) is 41.0 Å². The van der Waals surface area contributed by atoms with Gasteiger partial charge >= 0.3 is 6.09 Å². The normalized spacial score (nSPS) is 23.5. The van der Waals surface area contributed by atoms with Crippen molar-refractivity contribution in [2.75, 3.05) is 17.7 Å². The molecule has 0 radical (unpaired) electrons. The average Bonchev–Trinajstić information content (AvgIpc) is 3.26. The Labute approximate surface area is 159 Å². The lowest BCUT2D eigenvalue weighted by molar-refractivity contribution is -0.125. The Bertz CT molecular complexity index is 703.